The summed E-state index contributed by atoms with van der Waals surface area (Å²) in [6.07, 6.45) is 4.22. The van der Waals surface area contributed by atoms with Crippen LogP contribution in [0.2, 0.25) is 0 Å². The average molecular weight is 515 g/mol. The van der Waals surface area contributed by atoms with Crippen molar-refractivity contribution in [3.05, 3.63) is 48.3 Å². The largest absolute Gasteiger partial charge is 0.379 e. The second-order valence-corrected chi connectivity index (χ2v) is 6.29. The van der Waals surface area contributed by atoms with E-state index in [4.69, 9.17) is 9.47 Å². The van der Waals surface area contributed by atoms with Gasteiger partial charge in [0, 0.05) is 25.9 Å². The number of nitrogens with one attached hydrogen (secondary N) is 2. The Morgan fingerprint density at radius 2 is 1.76 bits per heavy atom. The quantitative estimate of drug-likeness (QED) is 0.185. The van der Waals surface area contributed by atoms with E-state index in [0.29, 0.717) is 32.9 Å². The molecule has 2 rings (SSSR count). The molecule has 1 aromatic carbocycles. The first kappa shape index (κ1) is 25.4. The van der Waals surface area contributed by atoms with Crippen LogP contribution < -0.4 is 10.6 Å². The van der Waals surface area contributed by atoms with Gasteiger partial charge in [-0.1, -0.05) is 31.5 Å². The zero-order valence-electron chi connectivity index (χ0n) is 17.5. The molecule has 162 valence electrons. The van der Waals surface area contributed by atoms with Crippen molar-refractivity contribution in [2.24, 2.45) is 4.99 Å². The molecule has 0 aliphatic carbocycles. The van der Waals surface area contributed by atoms with Gasteiger partial charge >= 0.3 is 0 Å². The van der Waals surface area contributed by atoms with Crippen LogP contribution in [0.15, 0.2) is 47.6 Å². The molecule has 0 spiro atoms. The van der Waals surface area contributed by atoms with Crippen LogP contribution in [0.4, 0.5) is 0 Å². The first-order chi connectivity index (χ1) is 13.8. The summed E-state index contributed by atoms with van der Waals surface area (Å²) < 4.78 is 12.9. The normalized spacial score (nSPS) is 11.2. The van der Waals surface area contributed by atoms with E-state index in [1.54, 1.807) is 0 Å². The summed E-state index contributed by atoms with van der Waals surface area (Å²) in [6, 6.07) is 12.0. The van der Waals surface area contributed by atoms with Gasteiger partial charge in [0.05, 0.1) is 37.7 Å². The van der Waals surface area contributed by atoms with Gasteiger partial charge in [0.1, 0.15) is 0 Å². The first-order valence-electron chi connectivity index (χ1n) is 10.1. The molecule has 0 unspecified atom stereocenters. The summed E-state index contributed by atoms with van der Waals surface area (Å²) in [5.41, 5.74) is 1.96. The third-order valence-electron chi connectivity index (χ3n) is 3.96. The van der Waals surface area contributed by atoms with Crippen LogP contribution >= 0.6 is 24.0 Å². The molecule has 2 N–H and O–H groups in total. The summed E-state index contributed by atoms with van der Waals surface area (Å²) in [5.74, 6) is 0.763. The molecule has 0 radical (unpaired) electrons. The van der Waals surface area contributed by atoms with Crippen LogP contribution in [0.1, 0.15) is 32.4 Å². The predicted octanol–water partition coefficient (Wildman–Crippen LogP) is 3.38. The lowest BCUT2D eigenvalue weighted by Gasteiger charge is -2.11. The summed E-state index contributed by atoms with van der Waals surface area (Å²) in [5, 5.41) is 11.1. The summed E-state index contributed by atoms with van der Waals surface area (Å²) in [7, 11) is 0. The molecule has 7 nitrogen and oxygen atoms in total. The van der Waals surface area contributed by atoms with Crippen molar-refractivity contribution in [1.29, 1.82) is 0 Å². The number of para-hydroxylation sites is 1. The van der Waals surface area contributed by atoms with Gasteiger partial charge in [-0.25, -0.2) is 9.67 Å². The number of ether oxygens (including phenoxy) is 2. The molecule has 1 aromatic heterocycles. The van der Waals surface area contributed by atoms with Crippen molar-refractivity contribution in [1.82, 2.24) is 20.4 Å². The van der Waals surface area contributed by atoms with Crippen LogP contribution in [-0.2, 0) is 16.0 Å². The Balaban J connectivity index is 0.00000420. The molecule has 0 amide bonds. The molecule has 0 saturated carbocycles. The van der Waals surface area contributed by atoms with Gasteiger partial charge in [0.25, 0.3) is 0 Å². The van der Waals surface area contributed by atoms with Gasteiger partial charge in [-0.15, -0.1) is 24.0 Å². The molecule has 0 atom stereocenters. The number of rotatable bonds is 13. The lowest BCUT2D eigenvalue weighted by atomic mass is 10.3. The van der Waals surface area contributed by atoms with Crippen molar-refractivity contribution < 1.29 is 9.47 Å². The van der Waals surface area contributed by atoms with E-state index in [9.17, 15) is 0 Å². The minimum Gasteiger partial charge on any atom is -0.379 e. The first-order valence-corrected chi connectivity index (χ1v) is 10.1. The summed E-state index contributed by atoms with van der Waals surface area (Å²) in [6.45, 7) is 8.92. The molecule has 0 fully saturated rings. The third kappa shape index (κ3) is 10.6. The fraction of sp³-hybridized carbons (Fsp3) is 0.524. The van der Waals surface area contributed by atoms with Crippen LogP contribution in [0.25, 0.3) is 5.69 Å². The van der Waals surface area contributed by atoms with E-state index in [-0.39, 0.29) is 24.0 Å². The zero-order valence-corrected chi connectivity index (χ0v) is 19.8. The van der Waals surface area contributed by atoms with Gasteiger partial charge in [0.15, 0.2) is 5.96 Å². The van der Waals surface area contributed by atoms with Crippen molar-refractivity contribution in [2.75, 3.05) is 39.5 Å². The maximum Gasteiger partial charge on any atom is 0.191 e. The van der Waals surface area contributed by atoms with Gasteiger partial charge in [-0.05, 0) is 31.5 Å². The summed E-state index contributed by atoms with van der Waals surface area (Å²) in [4.78, 5) is 4.60. The highest BCUT2D eigenvalue weighted by molar-refractivity contribution is 14.0. The smallest absolute Gasteiger partial charge is 0.191 e. The number of aromatic nitrogens is 2. The Morgan fingerprint density at radius 1 is 1.00 bits per heavy atom. The fourth-order valence-corrected chi connectivity index (χ4v) is 2.48. The van der Waals surface area contributed by atoms with Crippen LogP contribution in [0.5, 0.6) is 0 Å². The van der Waals surface area contributed by atoms with E-state index in [1.807, 2.05) is 54.2 Å². The molecule has 0 aliphatic heterocycles. The number of hydrogen-bond acceptors (Lipinski definition) is 4. The van der Waals surface area contributed by atoms with Crippen LogP contribution in [0.3, 0.4) is 0 Å². The highest BCUT2D eigenvalue weighted by Gasteiger charge is 2.02. The number of nitrogens with zero attached hydrogens (tertiary/aromatic N) is 3. The maximum atomic E-state index is 5.57. The number of benzene rings is 1. The molecule has 8 heteroatoms. The number of unbranched alkanes of at least 4 members (excludes halogenated alkanes) is 1. The zero-order chi connectivity index (χ0) is 19.9. The van der Waals surface area contributed by atoms with Crippen LogP contribution in [0, 0.1) is 0 Å². The third-order valence-corrected chi connectivity index (χ3v) is 3.96. The Bertz CT molecular complexity index is 679. The predicted molar refractivity (Wildman–Crippen MR) is 128 cm³/mol. The van der Waals surface area contributed by atoms with Gasteiger partial charge in [0.2, 0.25) is 0 Å². The minimum atomic E-state index is 0. The number of halogens is 1. The topological polar surface area (TPSA) is 72.7 Å². The molecule has 29 heavy (non-hydrogen) atoms. The van der Waals surface area contributed by atoms with E-state index in [0.717, 1.165) is 43.3 Å². The molecule has 1 heterocycles. The minimum absolute atomic E-state index is 0. The van der Waals surface area contributed by atoms with Crippen molar-refractivity contribution in [3.8, 4) is 5.69 Å². The lowest BCUT2D eigenvalue weighted by Crippen LogP contribution is -2.39. The Kier molecular flexibility index (Phi) is 14.2. The van der Waals surface area contributed by atoms with Crippen molar-refractivity contribution >= 4 is 29.9 Å². The highest BCUT2D eigenvalue weighted by atomic mass is 127. The van der Waals surface area contributed by atoms with Crippen molar-refractivity contribution in [3.63, 3.8) is 0 Å². The molecular formula is C21H34IN5O2. The van der Waals surface area contributed by atoms with Crippen LogP contribution in [-0.4, -0.2) is 55.3 Å². The van der Waals surface area contributed by atoms with E-state index in [2.05, 4.69) is 27.6 Å². The molecule has 0 bridgehead atoms. The second kappa shape index (κ2) is 16.2. The van der Waals surface area contributed by atoms with E-state index >= 15 is 0 Å². The monoisotopic (exact) mass is 515 g/mol. The number of aliphatic imine (C=N–C) groups is 1. The lowest BCUT2D eigenvalue weighted by molar-refractivity contribution is 0.0487. The van der Waals surface area contributed by atoms with Gasteiger partial charge < -0.3 is 20.1 Å². The molecule has 0 aliphatic rings. The molecule has 2 aromatic rings. The Labute approximate surface area is 191 Å². The standard InChI is InChI=1S/C21H33N5O2.HI/c1-3-5-14-27-16-17-28-15-12-23-21(22-4-2)24-18-19-11-13-26(25-19)20-9-7-6-8-10-20;/h6-11,13H,3-5,12,14-18H2,1-2H3,(H2,22,23,24);1H. The van der Waals surface area contributed by atoms with E-state index in [1.165, 1.54) is 0 Å². The summed E-state index contributed by atoms with van der Waals surface area (Å²) >= 11 is 0. The van der Waals surface area contributed by atoms with E-state index < -0.39 is 0 Å². The Hall–Kier alpha value is -1.65. The SMILES string of the molecule is CCCCOCCOCCNC(=NCc1ccn(-c2ccccc2)n1)NCC.I. The van der Waals surface area contributed by atoms with Gasteiger partial charge in [-0.3, -0.25) is 0 Å². The average Bonchev–Trinajstić information content (AvgIpc) is 3.20. The van der Waals surface area contributed by atoms with Gasteiger partial charge in [-0.2, -0.15) is 5.10 Å². The number of guanidine groups is 1. The Morgan fingerprint density at radius 3 is 2.48 bits per heavy atom. The second-order valence-electron chi connectivity index (χ2n) is 6.29. The highest BCUT2D eigenvalue weighted by Crippen LogP contribution is 2.07. The maximum absolute atomic E-state index is 5.57. The molecular weight excluding hydrogens is 481 g/mol. The van der Waals surface area contributed by atoms with Crippen molar-refractivity contribution in [2.45, 2.75) is 33.2 Å². The fourth-order valence-electron chi connectivity index (χ4n) is 2.48. The number of hydrogen-bond donors (Lipinski definition) is 2. The molecule has 0 saturated heterocycles.